The van der Waals surface area contributed by atoms with E-state index in [9.17, 15) is 0 Å². The van der Waals surface area contributed by atoms with Gasteiger partial charge in [0, 0.05) is 3.57 Å². The highest BCUT2D eigenvalue weighted by atomic mass is 127. The van der Waals surface area contributed by atoms with Crippen LogP contribution >= 0.6 is 22.6 Å². The molecule has 0 atom stereocenters. The second-order valence-electron chi connectivity index (χ2n) is 4.17. The summed E-state index contributed by atoms with van der Waals surface area (Å²) in [4.78, 5) is 0. The largest absolute Gasteiger partial charge is 0.0654 e. The fourth-order valence-corrected chi connectivity index (χ4v) is 2.57. The summed E-state index contributed by atoms with van der Waals surface area (Å²) in [7, 11) is 0. The molecule has 0 N–H and O–H groups in total. The summed E-state index contributed by atoms with van der Waals surface area (Å²) >= 11 is 2.43. The van der Waals surface area contributed by atoms with Gasteiger partial charge in [0.25, 0.3) is 0 Å². The van der Waals surface area contributed by atoms with Crippen molar-refractivity contribution in [2.75, 3.05) is 0 Å². The first-order chi connectivity index (χ1) is 7.26. The molecule has 0 heterocycles. The van der Waals surface area contributed by atoms with E-state index in [2.05, 4.69) is 54.6 Å². The van der Waals surface area contributed by atoms with Crippen LogP contribution in [0.25, 0.3) is 0 Å². The SMILES string of the molecule is CCCCc1cc(I)cc(CCCC)c1. The molecule has 0 saturated carbocycles. The van der Waals surface area contributed by atoms with Crippen molar-refractivity contribution in [3.8, 4) is 0 Å². The standard InChI is InChI=1S/C14H21I/c1-3-5-7-12-9-13(8-6-4-2)11-14(15)10-12/h9-11H,3-8H2,1-2H3. The molecule has 0 saturated heterocycles. The molecule has 84 valence electrons. The minimum Gasteiger partial charge on any atom is -0.0654 e. The van der Waals surface area contributed by atoms with E-state index < -0.39 is 0 Å². The zero-order chi connectivity index (χ0) is 11.1. The third-order valence-corrected chi connectivity index (χ3v) is 3.28. The molecule has 0 nitrogen and oxygen atoms in total. The van der Waals surface area contributed by atoms with E-state index in [4.69, 9.17) is 0 Å². The van der Waals surface area contributed by atoms with Gasteiger partial charge in [-0.15, -0.1) is 0 Å². The van der Waals surface area contributed by atoms with Gasteiger partial charge in [-0.05, 0) is 71.5 Å². The lowest BCUT2D eigenvalue weighted by atomic mass is 10.0. The Morgan fingerprint density at radius 1 is 0.867 bits per heavy atom. The van der Waals surface area contributed by atoms with E-state index in [1.807, 2.05) is 0 Å². The van der Waals surface area contributed by atoms with Crippen molar-refractivity contribution in [2.45, 2.75) is 52.4 Å². The van der Waals surface area contributed by atoms with E-state index in [-0.39, 0.29) is 0 Å². The fraction of sp³-hybridized carbons (Fsp3) is 0.571. The van der Waals surface area contributed by atoms with E-state index in [1.54, 1.807) is 0 Å². The molecular weight excluding hydrogens is 295 g/mol. The molecule has 0 amide bonds. The lowest BCUT2D eigenvalue weighted by molar-refractivity contribution is 0.780. The van der Waals surface area contributed by atoms with Crippen LogP contribution in [-0.4, -0.2) is 0 Å². The van der Waals surface area contributed by atoms with E-state index in [0.29, 0.717) is 0 Å². The summed E-state index contributed by atoms with van der Waals surface area (Å²) in [6, 6.07) is 7.05. The Bertz CT molecular complexity index is 265. The van der Waals surface area contributed by atoms with Crippen LogP contribution in [0, 0.1) is 3.57 Å². The van der Waals surface area contributed by atoms with Gasteiger partial charge in [0.2, 0.25) is 0 Å². The van der Waals surface area contributed by atoms with Crippen molar-refractivity contribution in [3.63, 3.8) is 0 Å². The first-order valence-electron chi connectivity index (χ1n) is 6.04. The zero-order valence-corrected chi connectivity index (χ0v) is 12.0. The summed E-state index contributed by atoms with van der Waals surface area (Å²) in [6.45, 7) is 4.51. The maximum atomic E-state index is 2.43. The first kappa shape index (κ1) is 13.0. The molecular formula is C14H21I. The Morgan fingerprint density at radius 3 is 1.73 bits per heavy atom. The summed E-state index contributed by atoms with van der Waals surface area (Å²) < 4.78 is 1.40. The van der Waals surface area contributed by atoms with Crippen LogP contribution in [0.2, 0.25) is 0 Å². The van der Waals surface area contributed by atoms with Crippen LogP contribution in [0.1, 0.15) is 50.7 Å². The van der Waals surface area contributed by atoms with Gasteiger partial charge in [-0.25, -0.2) is 0 Å². The number of hydrogen-bond donors (Lipinski definition) is 0. The first-order valence-corrected chi connectivity index (χ1v) is 7.12. The summed E-state index contributed by atoms with van der Waals surface area (Å²) in [5.74, 6) is 0. The molecule has 15 heavy (non-hydrogen) atoms. The highest BCUT2D eigenvalue weighted by Crippen LogP contribution is 2.16. The fourth-order valence-electron chi connectivity index (χ4n) is 1.77. The quantitative estimate of drug-likeness (QED) is 0.650. The normalized spacial score (nSPS) is 10.6. The molecule has 1 aromatic carbocycles. The van der Waals surface area contributed by atoms with Gasteiger partial charge >= 0.3 is 0 Å². The molecule has 1 rings (SSSR count). The molecule has 0 spiro atoms. The number of aryl methyl sites for hydroxylation is 2. The Balaban J connectivity index is 2.66. The lowest BCUT2D eigenvalue weighted by Crippen LogP contribution is -1.91. The Hall–Kier alpha value is -0.0500. The Kier molecular flexibility index (Phi) is 6.30. The Labute approximate surface area is 108 Å². The zero-order valence-electron chi connectivity index (χ0n) is 9.85. The molecule has 0 radical (unpaired) electrons. The molecule has 0 aromatic heterocycles. The van der Waals surface area contributed by atoms with E-state index in [1.165, 1.54) is 53.2 Å². The number of unbranched alkanes of at least 4 members (excludes halogenated alkanes) is 2. The van der Waals surface area contributed by atoms with Crippen molar-refractivity contribution in [2.24, 2.45) is 0 Å². The number of rotatable bonds is 6. The summed E-state index contributed by atoms with van der Waals surface area (Å²) in [6.07, 6.45) is 7.69. The van der Waals surface area contributed by atoms with Crippen LogP contribution in [0.15, 0.2) is 18.2 Å². The van der Waals surface area contributed by atoms with Crippen LogP contribution in [0.5, 0.6) is 0 Å². The van der Waals surface area contributed by atoms with Crippen LogP contribution < -0.4 is 0 Å². The van der Waals surface area contributed by atoms with Crippen LogP contribution in [0.4, 0.5) is 0 Å². The highest BCUT2D eigenvalue weighted by Gasteiger charge is 1.99. The smallest absolute Gasteiger partial charge is 0.0135 e. The van der Waals surface area contributed by atoms with Crippen molar-refractivity contribution in [1.82, 2.24) is 0 Å². The number of benzene rings is 1. The minimum absolute atomic E-state index is 1.24. The molecule has 0 bridgehead atoms. The van der Waals surface area contributed by atoms with Gasteiger partial charge in [0.15, 0.2) is 0 Å². The second kappa shape index (κ2) is 7.26. The number of halogens is 1. The maximum absolute atomic E-state index is 2.43. The van der Waals surface area contributed by atoms with Crippen molar-refractivity contribution >= 4 is 22.6 Å². The lowest BCUT2D eigenvalue weighted by Gasteiger charge is -2.06. The van der Waals surface area contributed by atoms with Crippen molar-refractivity contribution in [1.29, 1.82) is 0 Å². The average molecular weight is 316 g/mol. The topological polar surface area (TPSA) is 0 Å². The van der Waals surface area contributed by atoms with Gasteiger partial charge in [-0.2, -0.15) is 0 Å². The average Bonchev–Trinajstić information content (AvgIpc) is 2.23. The summed E-state index contributed by atoms with van der Waals surface area (Å²) in [5.41, 5.74) is 3.05. The molecule has 0 aliphatic rings. The van der Waals surface area contributed by atoms with Gasteiger partial charge in [-0.1, -0.05) is 32.8 Å². The predicted octanol–water partition coefficient (Wildman–Crippen LogP) is 4.98. The molecule has 0 aliphatic heterocycles. The van der Waals surface area contributed by atoms with Crippen LogP contribution in [-0.2, 0) is 12.8 Å². The molecule has 1 aromatic rings. The maximum Gasteiger partial charge on any atom is 0.0135 e. The second-order valence-corrected chi connectivity index (χ2v) is 5.42. The number of hydrogen-bond acceptors (Lipinski definition) is 0. The van der Waals surface area contributed by atoms with Gasteiger partial charge in [-0.3, -0.25) is 0 Å². The highest BCUT2D eigenvalue weighted by molar-refractivity contribution is 14.1. The van der Waals surface area contributed by atoms with Crippen molar-refractivity contribution in [3.05, 3.63) is 32.9 Å². The summed E-state index contributed by atoms with van der Waals surface area (Å²) in [5, 5.41) is 0. The third kappa shape index (κ3) is 5.01. The third-order valence-electron chi connectivity index (χ3n) is 2.66. The molecule has 0 unspecified atom stereocenters. The monoisotopic (exact) mass is 316 g/mol. The molecule has 0 aliphatic carbocycles. The van der Waals surface area contributed by atoms with Crippen LogP contribution in [0.3, 0.4) is 0 Å². The molecule has 0 fully saturated rings. The van der Waals surface area contributed by atoms with E-state index >= 15 is 0 Å². The van der Waals surface area contributed by atoms with E-state index in [0.717, 1.165) is 0 Å². The Morgan fingerprint density at radius 2 is 1.33 bits per heavy atom. The van der Waals surface area contributed by atoms with Gasteiger partial charge in [0.1, 0.15) is 0 Å². The van der Waals surface area contributed by atoms with Gasteiger partial charge < -0.3 is 0 Å². The van der Waals surface area contributed by atoms with Crippen molar-refractivity contribution < 1.29 is 0 Å². The predicted molar refractivity (Wildman–Crippen MR) is 76.4 cm³/mol. The molecule has 1 heteroatoms. The minimum atomic E-state index is 1.24. The van der Waals surface area contributed by atoms with Gasteiger partial charge in [0.05, 0.1) is 0 Å².